The quantitative estimate of drug-likeness (QED) is 0.181. The number of imidazole rings is 1. The number of ether oxygens (including phenoxy) is 2. The zero-order valence-electron chi connectivity index (χ0n) is 25.5. The van der Waals surface area contributed by atoms with Crippen LogP contribution in [0.2, 0.25) is 0 Å². The molecule has 0 atom stereocenters. The predicted molar refractivity (Wildman–Crippen MR) is 182 cm³/mol. The number of pyridine rings is 1. The summed E-state index contributed by atoms with van der Waals surface area (Å²) in [7, 11) is 1.79. The average molecular weight is 674 g/mol. The van der Waals surface area contributed by atoms with Crippen molar-refractivity contribution in [2.45, 2.75) is 6.42 Å². The third kappa shape index (κ3) is 7.97. The van der Waals surface area contributed by atoms with Crippen molar-refractivity contribution in [3.8, 4) is 22.2 Å². The van der Waals surface area contributed by atoms with Crippen molar-refractivity contribution in [2.24, 2.45) is 7.05 Å². The van der Waals surface area contributed by atoms with Gasteiger partial charge in [0, 0.05) is 57.2 Å². The SMILES string of the molecule is Cn1c(C(=O)NCCN2CCOCC2)cnc1-c1cc2nccc(Oc3ccc(NC(=S)NC(=O)Cc4ccccc4)cc3F)c2s1. The standard InChI is InChI=1S/C33H32FN7O4S2/c1-40-25(32(43)36-11-12-41-13-15-44-16-14-41)20-37-31(40)28-19-24-30(47-28)27(9-10-35-24)45-26-8-7-22(18-23(26)34)38-33(46)39-29(42)17-21-5-3-2-4-6-21/h2-10,18-20H,11-17H2,1H3,(H,36,43)(H2,38,39,42,46). The van der Waals surface area contributed by atoms with Gasteiger partial charge in [0.05, 0.1) is 40.9 Å². The van der Waals surface area contributed by atoms with Crippen molar-refractivity contribution >= 4 is 56.4 Å². The lowest BCUT2D eigenvalue weighted by molar-refractivity contribution is -0.119. The molecule has 14 heteroatoms. The molecule has 1 aliphatic heterocycles. The number of halogens is 1. The molecule has 0 aliphatic carbocycles. The Bertz CT molecular complexity index is 1910. The minimum atomic E-state index is -0.622. The summed E-state index contributed by atoms with van der Waals surface area (Å²) in [6, 6.07) is 17.1. The van der Waals surface area contributed by atoms with Crippen LogP contribution < -0.4 is 20.7 Å². The second-order valence-corrected chi connectivity index (χ2v) is 12.2. The summed E-state index contributed by atoms with van der Waals surface area (Å²) in [5.41, 5.74) is 2.30. The van der Waals surface area contributed by atoms with Gasteiger partial charge in [0.1, 0.15) is 17.3 Å². The van der Waals surface area contributed by atoms with Gasteiger partial charge in [-0.15, -0.1) is 11.3 Å². The molecule has 0 spiro atoms. The van der Waals surface area contributed by atoms with Gasteiger partial charge in [-0.05, 0) is 36.0 Å². The van der Waals surface area contributed by atoms with Gasteiger partial charge >= 0.3 is 0 Å². The van der Waals surface area contributed by atoms with Gasteiger partial charge in [-0.2, -0.15) is 0 Å². The Morgan fingerprint density at radius 3 is 2.66 bits per heavy atom. The molecule has 0 bridgehead atoms. The molecule has 4 heterocycles. The number of fused-ring (bicyclic) bond motifs is 1. The Morgan fingerprint density at radius 2 is 1.87 bits per heavy atom. The van der Waals surface area contributed by atoms with Gasteiger partial charge in [-0.25, -0.2) is 9.37 Å². The molecule has 1 saturated heterocycles. The average Bonchev–Trinajstić information content (AvgIpc) is 3.67. The second kappa shape index (κ2) is 14.8. The minimum absolute atomic E-state index is 0.00468. The van der Waals surface area contributed by atoms with Gasteiger partial charge in [0.15, 0.2) is 16.7 Å². The topological polar surface area (TPSA) is 123 Å². The molecule has 242 valence electrons. The number of hydrogen-bond acceptors (Lipinski definition) is 9. The van der Waals surface area contributed by atoms with E-state index < -0.39 is 5.82 Å². The first-order chi connectivity index (χ1) is 22.8. The maximum absolute atomic E-state index is 15.2. The number of carbonyl (C=O) groups is 2. The highest BCUT2D eigenvalue weighted by atomic mass is 32.1. The Hall–Kier alpha value is -4.76. The maximum atomic E-state index is 15.2. The third-order valence-corrected chi connectivity index (χ3v) is 8.84. The van der Waals surface area contributed by atoms with Crippen molar-refractivity contribution in [3.63, 3.8) is 0 Å². The number of hydrogen-bond donors (Lipinski definition) is 3. The number of nitrogens with one attached hydrogen (secondary N) is 3. The molecule has 6 rings (SSSR count). The molecule has 0 saturated carbocycles. The number of benzene rings is 2. The van der Waals surface area contributed by atoms with E-state index in [4.69, 9.17) is 21.7 Å². The third-order valence-electron chi connectivity index (χ3n) is 7.50. The van der Waals surface area contributed by atoms with E-state index in [1.807, 2.05) is 36.4 Å². The normalized spacial score (nSPS) is 13.3. The smallest absolute Gasteiger partial charge is 0.269 e. The summed E-state index contributed by atoms with van der Waals surface area (Å²) in [5, 5.41) is 8.48. The monoisotopic (exact) mass is 673 g/mol. The van der Waals surface area contributed by atoms with E-state index in [1.54, 1.807) is 36.1 Å². The number of morpholine rings is 1. The van der Waals surface area contributed by atoms with Crippen LogP contribution in [0.25, 0.3) is 20.9 Å². The molecule has 2 aromatic carbocycles. The van der Waals surface area contributed by atoms with Crippen LogP contribution in [0.3, 0.4) is 0 Å². The molecule has 5 aromatic rings. The molecule has 0 radical (unpaired) electrons. The summed E-state index contributed by atoms with van der Waals surface area (Å²) in [5.74, 6) is -0.0775. The largest absolute Gasteiger partial charge is 0.453 e. The lowest BCUT2D eigenvalue weighted by Crippen LogP contribution is -2.41. The van der Waals surface area contributed by atoms with E-state index in [0.717, 1.165) is 30.1 Å². The molecular weight excluding hydrogens is 642 g/mol. The minimum Gasteiger partial charge on any atom is -0.453 e. The number of amides is 2. The van der Waals surface area contributed by atoms with Crippen LogP contribution in [0.1, 0.15) is 16.1 Å². The van der Waals surface area contributed by atoms with Gasteiger partial charge in [0.25, 0.3) is 5.91 Å². The fraction of sp³-hybridized carbons (Fsp3) is 0.242. The van der Waals surface area contributed by atoms with Crippen LogP contribution in [-0.2, 0) is 23.0 Å². The van der Waals surface area contributed by atoms with Crippen LogP contribution in [0.5, 0.6) is 11.5 Å². The summed E-state index contributed by atoms with van der Waals surface area (Å²) in [4.78, 5) is 37.2. The van der Waals surface area contributed by atoms with Crippen molar-refractivity contribution in [3.05, 3.63) is 90.1 Å². The summed E-state index contributed by atoms with van der Waals surface area (Å²) >= 11 is 6.62. The summed E-state index contributed by atoms with van der Waals surface area (Å²) in [6.07, 6.45) is 3.31. The van der Waals surface area contributed by atoms with Crippen molar-refractivity contribution in [2.75, 3.05) is 44.7 Å². The molecule has 47 heavy (non-hydrogen) atoms. The second-order valence-electron chi connectivity index (χ2n) is 10.8. The number of thiocarbonyl (C=S) groups is 1. The van der Waals surface area contributed by atoms with Crippen LogP contribution in [0, 0.1) is 5.82 Å². The maximum Gasteiger partial charge on any atom is 0.269 e. The van der Waals surface area contributed by atoms with Crippen LogP contribution in [0.15, 0.2) is 73.1 Å². The van der Waals surface area contributed by atoms with Crippen molar-refractivity contribution in [1.29, 1.82) is 0 Å². The van der Waals surface area contributed by atoms with E-state index in [1.165, 1.54) is 23.5 Å². The van der Waals surface area contributed by atoms with Gasteiger partial charge < -0.3 is 30.0 Å². The number of carbonyl (C=O) groups excluding carboxylic acids is 2. The Morgan fingerprint density at radius 1 is 1.06 bits per heavy atom. The summed E-state index contributed by atoms with van der Waals surface area (Å²) < 4.78 is 29.0. The Balaban J connectivity index is 1.09. The number of anilines is 1. The number of nitrogens with zero attached hydrogens (tertiary/aromatic N) is 4. The Kier molecular flexibility index (Phi) is 10.1. The van der Waals surface area contributed by atoms with Crippen LogP contribution in [-0.4, -0.2) is 75.8 Å². The highest BCUT2D eigenvalue weighted by molar-refractivity contribution is 7.80. The fourth-order valence-electron chi connectivity index (χ4n) is 5.09. The highest BCUT2D eigenvalue weighted by Crippen LogP contribution is 2.39. The first kappa shape index (κ1) is 32.2. The number of rotatable bonds is 10. The van der Waals surface area contributed by atoms with E-state index in [9.17, 15) is 9.59 Å². The molecular formula is C33H32FN7O4S2. The number of aromatic nitrogens is 3. The van der Waals surface area contributed by atoms with E-state index in [-0.39, 0.29) is 29.1 Å². The zero-order chi connectivity index (χ0) is 32.8. The molecule has 11 nitrogen and oxygen atoms in total. The first-order valence-corrected chi connectivity index (χ1v) is 16.2. The number of thiophene rings is 1. The van der Waals surface area contributed by atoms with Crippen molar-refractivity contribution < 1.29 is 23.5 Å². The Labute approximate surface area is 279 Å². The molecule has 2 amide bonds. The van der Waals surface area contributed by atoms with Crippen LogP contribution >= 0.6 is 23.6 Å². The summed E-state index contributed by atoms with van der Waals surface area (Å²) in [6.45, 7) is 4.42. The molecule has 1 aliphatic rings. The van der Waals surface area contributed by atoms with Gasteiger partial charge in [-0.3, -0.25) is 19.5 Å². The zero-order valence-corrected chi connectivity index (χ0v) is 27.1. The molecule has 3 N–H and O–H groups in total. The van der Waals surface area contributed by atoms with E-state index in [0.29, 0.717) is 52.9 Å². The van der Waals surface area contributed by atoms with Crippen LogP contribution in [0.4, 0.5) is 10.1 Å². The fourth-order valence-corrected chi connectivity index (χ4v) is 6.42. The van der Waals surface area contributed by atoms with E-state index >= 15 is 4.39 Å². The lowest BCUT2D eigenvalue weighted by atomic mass is 10.1. The first-order valence-electron chi connectivity index (χ1n) is 14.9. The molecule has 3 aromatic heterocycles. The highest BCUT2D eigenvalue weighted by Gasteiger charge is 2.20. The molecule has 1 fully saturated rings. The van der Waals surface area contributed by atoms with Gasteiger partial charge in [-0.1, -0.05) is 30.3 Å². The molecule has 0 unspecified atom stereocenters. The predicted octanol–water partition coefficient (Wildman–Crippen LogP) is 4.75. The van der Waals surface area contributed by atoms with E-state index in [2.05, 4.69) is 30.8 Å². The lowest BCUT2D eigenvalue weighted by Gasteiger charge is -2.26. The van der Waals surface area contributed by atoms with Crippen molar-refractivity contribution in [1.82, 2.24) is 30.1 Å². The van der Waals surface area contributed by atoms with Gasteiger partial charge in [0.2, 0.25) is 5.91 Å².